The molecule has 2 N–H and O–H groups in total. The van der Waals surface area contributed by atoms with Crippen molar-refractivity contribution in [2.24, 2.45) is 0 Å². The molecule has 0 bridgehead atoms. The molecule has 1 aromatic rings. The Morgan fingerprint density at radius 1 is 1.67 bits per heavy atom. The van der Waals surface area contributed by atoms with Gasteiger partial charge in [0.05, 0.1) is 0 Å². The van der Waals surface area contributed by atoms with Crippen LogP contribution in [0.1, 0.15) is 24.7 Å². The molecule has 1 fully saturated rings. The summed E-state index contributed by atoms with van der Waals surface area (Å²) in [6.45, 7) is 4.77. The van der Waals surface area contributed by atoms with Gasteiger partial charge < -0.3 is 10.1 Å². The Morgan fingerprint density at radius 2 is 2.44 bits per heavy atom. The van der Waals surface area contributed by atoms with E-state index < -0.39 is 0 Å². The van der Waals surface area contributed by atoms with E-state index in [0.717, 1.165) is 12.3 Å². The van der Waals surface area contributed by atoms with Crippen molar-refractivity contribution >= 4 is 11.8 Å². The summed E-state index contributed by atoms with van der Waals surface area (Å²) in [6.07, 6.45) is 2.47. The third-order valence-corrected chi connectivity index (χ3v) is 4.89. The van der Waals surface area contributed by atoms with Gasteiger partial charge in [0.15, 0.2) is 0 Å². The highest BCUT2D eigenvalue weighted by Crippen LogP contribution is 2.31. The van der Waals surface area contributed by atoms with Crippen LogP contribution in [0.15, 0.2) is 11.0 Å². The number of nitrogens with zero attached hydrogens (tertiary/aromatic N) is 2. The second kappa shape index (κ2) is 5.86. The van der Waals surface area contributed by atoms with Crippen LogP contribution in [0.3, 0.4) is 0 Å². The number of H-pyrrole nitrogens is 1. The summed E-state index contributed by atoms with van der Waals surface area (Å²) >= 11 is 1.84. The van der Waals surface area contributed by atoms with E-state index in [1.165, 1.54) is 0 Å². The first kappa shape index (κ1) is 13.6. The molecule has 0 saturated carbocycles. The molecule has 1 aromatic heterocycles. The van der Waals surface area contributed by atoms with E-state index in [0.29, 0.717) is 29.2 Å². The zero-order valence-corrected chi connectivity index (χ0v) is 11.5. The van der Waals surface area contributed by atoms with Gasteiger partial charge in [0.25, 0.3) is 5.56 Å². The van der Waals surface area contributed by atoms with Gasteiger partial charge in [-0.15, -0.1) is 11.8 Å². The van der Waals surface area contributed by atoms with Crippen molar-refractivity contribution in [3.8, 4) is 0 Å². The van der Waals surface area contributed by atoms with Crippen LogP contribution >= 0.6 is 11.8 Å². The Kier molecular flexibility index (Phi) is 4.42. The van der Waals surface area contributed by atoms with Gasteiger partial charge in [-0.3, -0.25) is 9.69 Å². The molecule has 1 aliphatic heterocycles. The summed E-state index contributed by atoms with van der Waals surface area (Å²) < 4.78 is 0. The highest BCUT2D eigenvalue weighted by molar-refractivity contribution is 8.00. The van der Waals surface area contributed by atoms with Crippen LogP contribution in [0.4, 0.5) is 0 Å². The largest absolute Gasteiger partial charge is 0.396 e. The number of nitrogens with one attached hydrogen (secondary N) is 1. The van der Waals surface area contributed by atoms with Gasteiger partial charge in [0.2, 0.25) is 0 Å². The molecular weight excluding hydrogens is 250 g/mol. The number of hydrogen-bond acceptors (Lipinski definition) is 5. The smallest absolute Gasteiger partial charge is 0.255 e. The van der Waals surface area contributed by atoms with Gasteiger partial charge in [-0.05, 0) is 20.3 Å². The monoisotopic (exact) mass is 269 g/mol. The summed E-state index contributed by atoms with van der Waals surface area (Å²) in [5.74, 6) is 1.55. The van der Waals surface area contributed by atoms with Crippen molar-refractivity contribution in [3.05, 3.63) is 27.9 Å². The van der Waals surface area contributed by atoms with Crippen LogP contribution in [0, 0.1) is 6.92 Å². The SMILES string of the molecule is Cc1ncc(CN2CS[C@@H](CCO)[C@@H]2C)c(=O)[nH]1. The summed E-state index contributed by atoms with van der Waals surface area (Å²) in [5.41, 5.74) is 0.656. The molecule has 0 amide bonds. The minimum atomic E-state index is -0.0506. The molecule has 2 atom stereocenters. The fraction of sp³-hybridized carbons (Fsp3) is 0.667. The lowest BCUT2D eigenvalue weighted by Gasteiger charge is -2.22. The van der Waals surface area contributed by atoms with Crippen LogP contribution < -0.4 is 5.56 Å². The molecule has 5 nitrogen and oxygen atoms in total. The first-order valence-corrected chi connectivity index (χ1v) is 7.18. The number of aromatic nitrogens is 2. The van der Waals surface area contributed by atoms with E-state index in [-0.39, 0.29) is 12.2 Å². The van der Waals surface area contributed by atoms with Gasteiger partial charge in [-0.1, -0.05) is 0 Å². The molecule has 2 rings (SSSR count). The van der Waals surface area contributed by atoms with Crippen LogP contribution in [-0.4, -0.2) is 43.7 Å². The summed E-state index contributed by atoms with van der Waals surface area (Å²) in [5, 5.41) is 9.45. The van der Waals surface area contributed by atoms with Gasteiger partial charge >= 0.3 is 0 Å². The highest BCUT2D eigenvalue weighted by Gasteiger charge is 2.31. The molecule has 100 valence electrons. The maximum absolute atomic E-state index is 11.8. The van der Waals surface area contributed by atoms with Crippen LogP contribution in [0.2, 0.25) is 0 Å². The molecule has 0 aliphatic carbocycles. The Balaban J connectivity index is 2.04. The van der Waals surface area contributed by atoms with Crippen LogP contribution in [-0.2, 0) is 6.54 Å². The van der Waals surface area contributed by atoms with Crippen molar-refractivity contribution in [1.82, 2.24) is 14.9 Å². The molecule has 2 heterocycles. The summed E-state index contributed by atoms with van der Waals surface area (Å²) in [6, 6.07) is 0.378. The lowest BCUT2D eigenvalue weighted by molar-refractivity contribution is 0.226. The quantitative estimate of drug-likeness (QED) is 0.843. The van der Waals surface area contributed by atoms with Crippen molar-refractivity contribution < 1.29 is 5.11 Å². The second-order valence-electron chi connectivity index (χ2n) is 4.66. The maximum Gasteiger partial charge on any atom is 0.255 e. The first-order chi connectivity index (χ1) is 8.61. The molecule has 0 radical (unpaired) electrons. The molecule has 1 saturated heterocycles. The predicted octanol–water partition coefficient (Wildman–Crippen LogP) is 0.724. The first-order valence-electron chi connectivity index (χ1n) is 6.13. The number of rotatable bonds is 4. The van der Waals surface area contributed by atoms with E-state index in [2.05, 4.69) is 21.8 Å². The zero-order chi connectivity index (χ0) is 13.1. The molecule has 0 aromatic carbocycles. The fourth-order valence-electron chi connectivity index (χ4n) is 2.17. The van der Waals surface area contributed by atoms with Crippen LogP contribution in [0.25, 0.3) is 0 Å². The standard InChI is InChI=1S/C12H19N3O2S/c1-8-11(3-4-16)18-7-15(8)6-10-5-13-9(2)14-12(10)17/h5,8,11,16H,3-4,6-7H2,1-2H3,(H,13,14,17)/t8-,11-/m0/s1. The number of hydrogen-bond donors (Lipinski definition) is 2. The Hall–Kier alpha value is -0.850. The van der Waals surface area contributed by atoms with Gasteiger partial charge in [0.1, 0.15) is 5.82 Å². The van der Waals surface area contributed by atoms with Gasteiger partial charge in [-0.25, -0.2) is 4.98 Å². The van der Waals surface area contributed by atoms with Crippen molar-refractivity contribution in [3.63, 3.8) is 0 Å². The Bertz CT molecular complexity index is 463. The minimum Gasteiger partial charge on any atom is -0.396 e. The minimum absolute atomic E-state index is 0.0506. The Labute approximate surface area is 111 Å². The van der Waals surface area contributed by atoms with E-state index >= 15 is 0 Å². The highest BCUT2D eigenvalue weighted by atomic mass is 32.2. The molecule has 6 heteroatoms. The van der Waals surface area contributed by atoms with E-state index in [4.69, 9.17) is 5.11 Å². The van der Waals surface area contributed by atoms with Crippen molar-refractivity contribution in [1.29, 1.82) is 0 Å². The van der Waals surface area contributed by atoms with E-state index in [1.807, 2.05) is 11.8 Å². The van der Waals surface area contributed by atoms with E-state index in [9.17, 15) is 4.79 Å². The number of aromatic amines is 1. The number of thioether (sulfide) groups is 1. The molecule has 0 unspecified atom stereocenters. The topological polar surface area (TPSA) is 69.2 Å². The van der Waals surface area contributed by atoms with Crippen molar-refractivity contribution in [2.45, 2.75) is 38.1 Å². The lowest BCUT2D eigenvalue weighted by Crippen LogP contribution is -2.34. The average Bonchev–Trinajstić information content (AvgIpc) is 2.66. The third-order valence-electron chi connectivity index (χ3n) is 3.36. The summed E-state index contributed by atoms with van der Waals surface area (Å²) in [7, 11) is 0. The number of aryl methyl sites for hydroxylation is 1. The molecule has 18 heavy (non-hydrogen) atoms. The van der Waals surface area contributed by atoms with Crippen LogP contribution in [0.5, 0.6) is 0 Å². The van der Waals surface area contributed by atoms with Gasteiger partial charge in [-0.2, -0.15) is 0 Å². The number of aliphatic hydroxyl groups excluding tert-OH is 1. The maximum atomic E-state index is 11.8. The normalized spacial score (nSPS) is 24.6. The second-order valence-corrected chi connectivity index (χ2v) is 5.85. The number of aliphatic hydroxyl groups is 1. The zero-order valence-electron chi connectivity index (χ0n) is 10.7. The predicted molar refractivity (Wildman–Crippen MR) is 72.5 cm³/mol. The molecule has 1 aliphatic rings. The third kappa shape index (κ3) is 2.93. The fourth-order valence-corrected chi connectivity index (χ4v) is 3.60. The molecular formula is C12H19N3O2S. The summed E-state index contributed by atoms with van der Waals surface area (Å²) in [4.78, 5) is 20.9. The van der Waals surface area contributed by atoms with Crippen molar-refractivity contribution in [2.75, 3.05) is 12.5 Å². The molecule has 0 spiro atoms. The van der Waals surface area contributed by atoms with E-state index in [1.54, 1.807) is 13.1 Å². The Morgan fingerprint density at radius 3 is 3.11 bits per heavy atom. The lowest BCUT2D eigenvalue weighted by atomic mass is 10.1. The van der Waals surface area contributed by atoms with Gasteiger partial charge in [0, 0.05) is 42.1 Å². The average molecular weight is 269 g/mol.